The Hall–Kier alpha value is -3.61. The lowest BCUT2D eigenvalue weighted by atomic mass is 9.98. The topological polar surface area (TPSA) is 182 Å². The molecule has 13 heteroatoms. The van der Waals surface area contributed by atoms with Crippen molar-refractivity contribution in [3.8, 4) is 0 Å². The minimum atomic E-state index is -4.32. The second-order valence-electron chi connectivity index (χ2n) is 11.2. The van der Waals surface area contributed by atoms with Gasteiger partial charge in [-0.15, -0.1) is 0 Å². The van der Waals surface area contributed by atoms with E-state index in [1.165, 1.54) is 12.1 Å². The van der Waals surface area contributed by atoms with Crippen LogP contribution in [0, 0.1) is 27.9 Å². The van der Waals surface area contributed by atoms with Crippen LogP contribution >= 0.6 is 0 Å². The number of amides is 3. The Morgan fingerprint density at radius 3 is 1.56 bits per heavy atom. The molecule has 228 valence electrons. The van der Waals surface area contributed by atoms with E-state index in [-0.39, 0.29) is 42.6 Å². The van der Waals surface area contributed by atoms with Crippen LogP contribution in [0.5, 0.6) is 0 Å². The molecule has 0 aliphatic rings. The first-order valence-corrected chi connectivity index (χ1v) is 15.1. The van der Waals surface area contributed by atoms with Crippen molar-refractivity contribution in [1.82, 2.24) is 16.0 Å². The summed E-state index contributed by atoms with van der Waals surface area (Å²) in [6.45, 7) is 13.9. The van der Waals surface area contributed by atoms with Crippen LogP contribution in [0.25, 0.3) is 0 Å². The molecule has 1 unspecified atom stereocenters. The van der Waals surface area contributed by atoms with Gasteiger partial charge >= 0.3 is 6.04 Å². The third-order valence-electron chi connectivity index (χ3n) is 6.06. The van der Waals surface area contributed by atoms with Gasteiger partial charge < -0.3 is 16.0 Å². The van der Waals surface area contributed by atoms with E-state index in [2.05, 4.69) is 22.5 Å². The third kappa shape index (κ3) is 11.4. The lowest BCUT2D eigenvalue weighted by molar-refractivity contribution is -0.513. The molecule has 1 aromatic carbocycles. The zero-order chi connectivity index (χ0) is 31.5. The van der Waals surface area contributed by atoms with Gasteiger partial charge in [-0.1, -0.05) is 78.5 Å². The fourth-order valence-electron chi connectivity index (χ4n) is 4.17. The maximum absolute atomic E-state index is 13.4. The van der Waals surface area contributed by atoms with Crippen LogP contribution in [0.2, 0.25) is 0 Å². The van der Waals surface area contributed by atoms with Crippen molar-refractivity contribution in [2.75, 3.05) is 0 Å². The molecule has 0 aliphatic heterocycles. The van der Waals surface area contributed by atoms with Gasteiger partial charge in [0, 0.05) is 15.9 Å². The van der Waals surface area contributed by atoms with Crippen LogP contribution in [-0.4, -0.2) is 54.3 Å². The van der Waals surface area contributed by atoms with Crippen LogP contribution in [-0.2, 0) is 29.0 Å². The highest BCUT2D eigenvalue weighted by molar-refractivity contribution is 8.08. The summed E-state index contributed by atoms with van der Waals surface area (Å²) in [5, 5.41) is 18.6. The van der Waals surface area contributed by atoms with Crippen molar-refractivity contribution < 1.29 is 32.5 Å². The number of nitrogens with one attached hydrogen (secondary N) is 3. The molecule has 1 aromatic rings. The molecule has 0 aliphatic carbocycles. The fraction of sp³-hybridized carbons (Fsp3) is 0.571. The largest absolute Gasteiger partial charge is 0.343 e. The predicted molar refractivity (Wildman–Crippen MR) is 154 cm³/mol. The van der Waals surface area contributed by atoms with E-state index in [0.717, 1.165) is 0 Å². The van der Waals surface area contributed by atoms with Gasteiger partial charge in [-0.05, 0) is 37.0 Å². The summed E-state index contributed by atoms with van der Waals surface area (Å²) in [4.78, 5) is 63.4. The Morgan fingerprint density at radius 2 is 1.17 bits per heavy atom. The highest BCUT2D eigenvalue weighted by Gasteiger charge is 2.37. The first kappa shape index (κ1) is 35.4. The molecule has 4 atom stereocenters. The molecule has 0 spiro atoms. The summed E-state index contributed by atoms with van der Waals surface area (Å²) in [6.07, 6.45) is 0.297. The minimum absolute atomic E-state index is 0.0355. The van der Waals surface area contributed by atoms with Crippen molar-refractivity contribution in [3.05, 3.63) is 58.0 Å². The summed E-state index contributed by atoms with van der Waals surface area (Å²) in [5.74, 6) is -2.85. The van der Waals surface area contributed by atoms with E-state index in [4.69, 9.17) is 0 Å². The first-order valence-electron chi connectivity index (χ1n) is 13.5. The number of sulfone groups is 1. The highest BCUT2D eigenvalue weighted by atomic mass is 32.2. The quantitative estimate of drug-likeness (QED) is 0.193. The lowest BCUT2D eigenvalue weighted by Crippen LogP contribution is -2.57. The van der Waals surface area contributed by atoms with Crippen molar-refractivity contribution in [2.24, 2.45) is 17.8 Å². The number of benzene rings is 1. The number of hydrogen-bond donors (Lipinski definition) is 3. The van der Waals surface area contributed by atoms with Crippen LogP contribution in [0.1, 0.15) is 72.4 Å². The van der Waals surface area contributed by atoms with Crippen molar-refractivity contribution in [1.29, 1.82) is 0 Å². The molecule has 0 saturated carbocycles. The maximum Gasteiger partial charge on any atom is 0.314 e. The van der Waals surface area contributed by atoms with Gasteiger partial charge in [0.15, 0.2) is 0 Å². The molecule has 0 saturated heterocycles. The fourth-order valence-corrected chi connectivity index (χ4v) is 4.89. The zero-order valence-electron chi connectivity index (χ0n) is 24.5. The summed E-state index contributed by atoms with van der Waals surface area (Å²) in [6, 6.07) is 2.16. The SMILES string of the molecule is C=CS(=O)(=O)C(=O)[C@H](CC(C)C)NC(=O)[C@H](CC(C)C)NC(=O)[C@H](CC(C)C)NC(=O)C(c1ccccc1)[N+](=O)[O-]. The number of carbonyl (C=O) groups is 4. The highest BCUT2D eigenvalue weighted by Crippen LogP contribution is 2.18. The van der Waals surface area contributed by atoms with Crippen LogP contribution in [0.4, 0.5) is 0 Å². The van der Waals surface area contributed by atoms with Gasteiger partial charge in [-0.25, -0.2) is 8.42 Å². The first-order chi connectivity index (χ1) is 19.0. The van der Waals surface area contributed by atoms with E-state index in [1.54, 1.807) is 59.7 Å². The smallest absolute Gasteiger partial charge is 0.314 e. The Bertz CT molecular complexity index is 1200. The predicted octanol–water partition coefficient (Wildman–Crippen LogP) is 2.68. The summed E-state index contributed by atoms with van der Waals surface area (Å²) < 4.78 is 24.3. The molecule has 0 bridgehead atoms. The van der Waals surface area contributed by atoms with E-state index in [1.807, 2.05) is 0 Å². The van der Waals surface area contributed by atoms with Gasteiger partial charge in [-0.3, -0.25) is 29.3 Å². The molecular weight excluding hydrogens is 552 g/mol. The number of carbonyl (C=O) groups excluding carboxylic acids is 4. The number of hydrogen-bond acceptors (Lipinski definition) is 8. The van der Waals surface area contributed by atoms with Gasteiger partial charge in [0.2, 0.25) is 21.7 Å². The third-order valence-corrected chi connectivity index (χ3v) is 7.35. The summed E-state index contributed by atoms with van der Waals surface area (Å²) in [7, 11) is -4.32. The van der Waals surface area contributed by atoms with E-state index in [9.17, 15) is 37.7 Å². The Labute approximate surface area is 241 Å². The minimum Gasteiger partial charge on any atom is -0.343 e. The Kier molecular flexibility index (Phi) is 13.8. The van der Waals surface area contributed by atoms with Crippen molar-refractivity contribution in [2.45, 2.75) is 85.0 Å². The maximum atomic E-state index is 13.4. The number of nitrogens with zero attached hydrogens (tertiary/aromatic N) is 1. The molecule has 12 nitrogen and oxygen atoms in total. The molecule has 0 heterocycles. The number of rotatable bonds is 16. The molecule has 0 aromatic heterocycles. The number of nitro groups is 1. The van der Waals surface area contributed by atoms with Crippen LogP contribution in [0.3, 0.4) is 0 Å². The zero-order valence-corrected chi connectivity index (χ0v) is 25.3. The molecule has 0 fully saturated rings. The van der Waals surface area contributed by atoms with Gasteiger partial charge in [0.1, 0.15) is 18.1 Å². The molecule has 0 radical (unpaired) electrons. The lowest BCUT2D eigenvalue weighted by Gasteiger charge is -2.27. The molecule has 3 N–H and O–H groups in total. The van der Waals surface area contributed by atoms with E-state index >= 15 is 0 Å². The van der Waals surface area contributed by atoms with E-state index < -0.39 is 61.8 Å². The molecule has 41 heavy (non-hydrogen) atoms. The second kappa shape index (κ2) is 16.0. The molecular formula is C28H42N4O8S. The molecule has 3 amide bonds. The van der Waals surface area contributed by atoms with Crippen LogP contribution in [0.15, 0.2) is 42.3 Å². The Balaban J connectivity index is 3.25. The van der Waals surface area contributed by atoms with Gasteiger partial charge in [0.05, 0.1) is 0 Å². The summed E-state index contributed by atoms with van der Waals surface area (Å²) in [5.41, 5.74) is 0.145. The summed E-state index contributed by atoms with van der Waals surface area (Å²) >= 11 is 0. The normalized spacial score (nSPS) is 14.6. The van der Waals surface area contributed by atoms with E-state index in [0.29, 0.717) is 5.41 Å². The molecule has 1 rings (SSSR count). The van der Waals surface area contributed by atoms with Crippen molar-refractivity contribution >= 4 is 32.7 Å². The average Bonchev–Trinajstić information content (AvgIpc) is 2.86. The second-order valence-corrected chi connectivity index (χ2v) is 13.0. The van der Waals surface area contributed by atoms with Gasteiger partial charge in [-0.2, -0.15) is 0 Å². The van der Waals surface area contributed by atoms with Gasteiger partial charge in [0.25, 0.3) is 11.0 Å². The monoisotopic (exact) mass is 594 g/mol. The van der Waals surface area contributed by atoms with Crippen molar-refractivity contribution in [3.63, 3.8) is 0 Å². The average molecular weight is 595 g/mol. The Morgan fingerprint density at radius 1 is 0.780 bits per heavy atom. The standard InChI is InChI=1S/C28H42N4O8S/c1-8-41(39,40)28(36)23(16-19(6)7)31-26(34)21(14-17(2)3)29-25(33)22(15-18(4)5)30-27(35)24(32(37)38)20-12-10-9-11-13-20/h8-13,17-19,21-24H,1,14-16H2,2-7H3,(H,29,33)(H,30,35)(H,31,34)/t21-,22-,23-,24?/m0/s1. The van der Waals surface area contributed by atoms with Crippen LogP contribution < -0.4 is 16.0 Å².